The van der Waals surface area contributed by atoms with Crippen LogP contribution >= 0.6 is 23.4 Å². The van der Waals surface area contributed by atoms with Crippen LogP contribution < -0.4 is 10.1 Å². The Kier molecular flexibility index (Phi) is 7.21. The van der Waals surface area contributed by atoms with Gasteiger partial charge in [-0.15, -0.1) is 10.2 Å². The topological polar surface area (TPSA) is 81.9 Å². The zero-order valence-corrected chi connectivity index (χ0v) is 19.1. The Morgan fingerprint density at radius 2 is 1.88 bits per heavy atom. The van der Waals surface area contributed by atoms with Gasteiger partial charge in [0.05, 0.1) is 23.1 Å². The standard InChI is InChI=1S/C23H19ClFN5O2S/c1-2-32-18-6-4-17(5-7-18)30-22(15-9-11-26-12-10-15)28-29-23(30)33-14-21(31)27-20-8-3-16(25)13-19(20)24/h3-13H,2,14H2,1H3,(H,27,31). The van der Waals surface area contributed by atoms with E-state index >= 15 is 0 Å². The summed E-state index contributed by atoms with van der Waals surface area (Å²) in [6.07, 6.45) is 3.36. The molecule has 7 nitrogen and oxygen atoms in total. The van der Waals surface area contributed by atoms with Crippen molar-refractivity contribution in [2.45, 2.75) is 12.1 Å². The molecule has 1 amide bonds. The molecule has 10 heteroatoms. The summed E-state index contributed by atoms with van der Waals surface area (Å²) in [5.41, 5.74) is 2.00. The molecule has 0 unspecified atom stereocenters. The predicted molar refractivity (Wildman–Crippen MR) is 127 cm³/mol. The number of benzene rings is 2. The molecule has 4 aromatic rings. The Bertz CT molecular complexity index is 1250. The van der Waals surface area contributed by atoms with E-state index in [4.69, 9.17) is 16.3 Å². The van der Waals surface area contributed by atoms with Crippen LogP contribution in [0.1, 0.15) is 6.92 Å². The molecule has 0 saturated heterocycles. The van der Waals surface area contributed by atoms with Crippen molar-refractivity contribution in [3.8, 4) is 22.8 Å². The monoisotopic (exact) mass is 483 g/mol. The zero-order chi connectivity index (χ0) is 23.2. The Labute approximate surface area is 199 Å². The van der Waals surface area contributed by atoms with Crippen molar-refractivity contribution in [3.63, 3.8) is 0 Å². The van der Waals surface area contributed by atoms with Crippen molar-refractivity contribution in [2.75, 3.05) is 17.7 Å². The minimum atomic E-state index is -0.473. The smallest absolute Gasteiger partial charge is 0.234 e. The maximum absolute atomic E-state index is 13.2. The quantitative estimate of drug-likeness (QED) is 0.345. The van der Waals surface area contributed by atoms with Crippen LogP contribution in [0, 0.1) is 5.82 Å². The van der Waals surface area contributed by atoms with Crippen LogP contribution in [0.25, 0.3) is 17.1 Å². The van der Waals surface area contributed by atoms with Gasteiger partial charge in [0.25, 0.3) is 0 Å². The first-order chi connectivity index (χ1) is 16.0. The summed E-state index contributed by atoms with van der Waals surface area (Å²) in [7, 11) is 0. The van der Waals surface area contributed by atoms with Crippen LogP contribution in [0.3, 0.4) is 0 Å². The van der Waals surface area contributed by atoms with Gasteiger partial charge in [-0.25, -0.2) is 4.39 Å². The molecule has 1 N–H and O–H groups in total. The molecule has 0 aliphatic carbocycles. The fourth-order valence-electron chi connectivity index (χ4n) is 3.05. The van der Waals surface area contributed by atoms with Crippen molar-refractivity contribution >= 4 is 35.0 Å². The average Bonchev–Trinajstić information content (AvgIpc) is 3.25. The van der Waals surface area contributed by atoms with Gasteiger partial charge in [0.15, 0.2) is 11.0 Å². The SMILES string of the molecule is CCOc1ccc(-n2c(SCC(=O)Nc3ccc(F)cc3Cl)nnc2-c2ccncc2)cc1. The van der Waals surface area contributed by atoms with Crippen LogP contribution in [0.2, 0.25) is 5.02 Å². The number of carbonyl (C=O) groups excluding carboxylic acids is 1. The summed E-state index contributed by atoms with van der Waals surface area (Å²) in [5, 5.41) is 12.0. The number of thioether (sulfide) groups is 1. The summed E-state index contributed by atoms with van der Waals surface area (Å²) in [4.78, 5) is 16.6. The van der Waals surface area contributed by atoms with E-state index in [0.717, 1.165) is 23.1 Å². The molecule has 0 bridgehead atoms. The van der Waals surface area contributed by atoms with Crippen molar-refractivity contribution in [1.82, 2.24) is 19.7 Å². The number of rotatable bonds is 8. The number of nitrogens with zero attached hydrogens (tertiary/aromatic N) is 4. The molecular formula is C23H19ClFN5O2S. The molecule has 0 saturated carbocycles. The summed E-state index contributed by atoms with van der Waals surface area (Å²) in [5.74, 6) is 0.648. The highest BCUT2D eigenvalue weighted by molar-refractivity contribution is 7.99. The lowest BCUT2D eigenvalue weighted by atomic mass is 10.2. The molecule has 0 aliphatic heterocycles. The van der Waals surface area contributed by atoms with Gasteiger partial charge >= 0.3 is 0 Å². The number of hydrogen-bond donors (Lipinski definition) is 1. The molecular weight excluding hydrogens is 465 g/mol. The van der Waals surface area contributed by atoms with E-state index in [0.29, 0.717) is 23.3 Å². The van der Waals surface area contributed by atoms with Gasteiger partial charge in [0.1, 0.15) is 11.6 Å². The van der Waals surface area contributed by atoms with E-state index in [1.165, 1.54) is 23.9 Å². The molecule has 0 aliphatic rings. The first kappa shape index (κ1) is 22.8. The molecule has 2 aromatic heterocycles. The molecule has 0 fully saturated rings. The van der Waals surface area contributed by atoms with Crippen molar-refractivity contribution in [2.24, 2.45) is 0 Å². The number of carbonyl (C=O) groups is 1. The van der Waals surface area contributed by atoms with E-state index < -0.39 is 5.82 Å². The first-order valence-corrected chi connectivity index (χ1v) is 11.4. The van der Waals surface area contributed by atoms with Gasteiger partial charge in [-0.3, -0.25) is 14.3 Å². The van der Waals surface area contributed by atoms with E-state index in [1.54, 1.807) is 12.4 Å². The molecule has 0 atom stereocenters. The molecule has 0 spiro atoms. The summed E-state index contributed by atoms with van der Waals surface area (Å²) < 4.78 is 20.6. The van der Waals surface area contributed by atoms with E-state index in [2.05, 4.69) is 20.5 Å². The van der Waals surface area contributed by atoms with Crippen LogP contribution in [-0.2, 0) is 4.79 Å². The zero-order valence-electron chi connectivity index (χ0n) is 17.5. The van der Waals surface area contributed by atoms with Gasteiger partial charge in [-0.05, 0) is 61.5 Å². The second-order valence-corrected chi connectivity index (χ2v) is 8.12. The number of halogens is 2. The Balaban J connectivity index is 1.58. The number of pyridine rings is 1. The lowest BCUT2D eigenvalue weighted by Crippen LogP contribution is -2.15. The number of nitrogens with one attached hydrogen (secondary N) is 1. The minimum absolute atomic E-state index is 0.0548. The maximum atomic E-state index is 13.2. The number of amides is 1. The highest BCUT2D eigenvalue weighted by Gasteiger charge is 2.18. The molecule has 168 valence electrons. The summed E-state index contributed by atoms with van der Waals surface area (Å²) >= 11 is 7.22. The number of aromatic nitrogens is 4. The second-order valence-electron chi connectivity index (χ2n) is 6.77. The fraction of sp³-hybridized carbons (Fsp3) is 0.130. The number of ether oxygens (including phenoxy) is 1. The van der Waals surface area contributed by atoms with Crippen LogP contribution in [0.15, 0.2) is 72.1 Å². The van der Waals surface area contributed by atoms with E-state index in [9.17, 15) is 9.18 Å². The van der Waals surface area contributed by atoms with Gasteiger partial charge in [0.2, 0.25) is 5.91 Å². The van der Waals surface area contributed by atoms with Gasteiger partial charge in [-0.2, -0.15) is 0 Å². The van der Waals surface area contributed by atoms with Gasteiger partial charge in [-0.1, -0.05) is 23.4 Å². The van der Waals surface area contributed by atoms with Crippen LogP contribution in [0.5, 0.6) is 5.75 Å². The number of anilines is 1. The minimum Gasteiger partial charge on any atom is -0.494 e. The molecule has 4 rings (SSSR count). The lowest BCUT2D eigenvalue weighted by molar-refractivity contribution is -0.113. The third kappa shape index (κ3) is 5.50. The second kappa shape index (κ2) is 10.5. The molecule has 2 aromatic carbocycles. The Morgan fingerprint density at radius 3 is 2.58 bits per heavy atom. The largest absolute Gasteiger partial charge is 0.494 e. The van der Waals surface area contributed by atoms with Crippen LogP contribution in [-0.4, -0.2) is 38.0 Å². The molecule has 0 radical (unpaired) electrons. The third-order valence-corrected chi connectivity index (χ3v) is 5.76. The normalized spacial score (nSPS) is 10.8. The summed E-state index contributed by atoms with van der Waals surface area (Å²) in [6, 6.07) is 15.0. The highest BCUT2D eigenvalue weighted by Crippen LogP contribution is 2.29. The van der Waals surface area contributed by atoms with Crippen molar-refractivity contribution in [3.05, 3.63) is 77.8 Å². The molecule has 33 heavy (non-hydrogen) atoms. The predicted octanol–water partition coefficient (Wildman–Crippen LogP) is 5.25. The average molecular weight is 484 g/mol. The summed E-state index contributed by atoms with van der Waals surface area (Å²) in [6.45, 7) is 2.50. The van der Waals surface area contributed by atoms with Crippen molar-refractivity contribution < 1.29 is 13.9 Å². The van der Waals surface area contributed by atoms with Crippen LogP contribution in [0.4, 0.5) is 10.1 Å². The van der Waals surface area contributed by atoms with Gasteiger partial charge < -0.3 is 10.1 Å². The number of hydrogen-bond acceptors (Lipinski definition) is 6. The van der Waals surface area contributed by atoms with E-state index in [1.807, 2.05) is 47.9 Å². The Hall–Kier alpha value is -3.43. The lowest BCUT2D eigenvalue weighted by Gasteiger charge is -2.12. The molecule has 2 heterocycles. The fourth-order valence-corrected chi connectivity index (χ4v) is 4.02. The first-order valence-electron chi connectivity index (χ1n) is 10.0. The van der Waals surface area contributed by atoms with Crippen molar-refractivity contribution in [1.29, 1.82) is 0 Å². The Morgan fingerprint density at radius 1 is 1.12 bits per heavy atom. The maximum Gasteiger partial charge on any atom is 0.234 e. The highest BCUT2D eigenvalue weighted by atomic mass is 35.5. The van der Waals surface area contributed by atoms with Gasteiger partial charge in [0, 0.05) is 23.6 Å². The van der Waals surface area contributed by atoms with E-state index in [-0.39, 0.29) is 16.7 Å². The third-order valence-electron chi connectivity index (χ3n) is 4.52.